The van der Waals surface area contributed by atoms with E-state index in [1.54, 1.807) is 29.8 Å². The Kier molecular flexibility index (Phi) is 4.39. The molecule has 1 saturated heterocycles. The highest BCUT2D eigenvalue weighted by Gasteiger charge is 2.50. The molecular weight excluding hydrogens is 316 g/mol. The van der Waals surface area contributed by atoms with Gasteiger partial charge in [0.25, 0.3) is 5.91 Å². The van der Waals surface area contributed by atoms with Crippen LogP contribution in [0, 0.1) is 0 Å². The molecule has 0 aromatic heterocycles. The smallest absolute Gasteiger partial charge is 0.260 e. The van der Waals surface area contributed by atoms with Crippen molar-refractivity contribution in [2.75, 3.05) is 26.5 Å². The van der Waals surface area contributed by atoms with Crippen molar-refractivity contribution in [1.29, 1.82) is 0 Å². The number of amides is 2. The Morgan fingerprint density at radius 1 is 1.39 bits per heavy atom. The van der Waals surface area contributed by atoms with Crippen LogP contribution in [0.4, 0.5) is 0 Å². The number of carbonyl (C=O) groups is 2. The Morgan fingerprint density at radius 2 is 2.17 bits per heavy atom. The molecule has 1 fully saturated rings. The molecule has 0 unspecified atom stereocenters. The summed E-state index contributed by atoms with van der Waals surface area (Å²) in [5.41, 5.74) is 1.40. The van der Waals surface area contributed by atoms with Crippen molar-refractivity contribution in [1.82, 2.24) is 10.2 Å². The van der Waals surface area contributed by atoms with Gasteiger partial charge in [-0.3, -0.25) is 9.59 Å². The van der Waals surface area contributed by atoms with Gasteiger partial charge in [-0.1, -0.05) is 13.0 Å². The second-order valence-corrected chi connectivity index (χ2v) is 6.58. The number of benzene rings is 1. The van der Waals surface area contributed by atoms with Gasteiger partial charge in [-0.15, -0.1) is 11.8 Å². The molecule has 0 saturated carbocycles. The lowest BCUT2D eigenvalue weighted by Gasteiger charge is -2.22. The summed E-state index contributed by atoms with van der Waals surface area (Å²) in [6.45, 7) is 2.62. The molecule has 2 heterocycles. The zero-order chi connectivity index (χ0) is 16.6. The minimum absolute atomic E-state index is 0.0889. The van der Waals surface area contributed by atoms with Crippen LogP contribution in [-0.2, 0) is 4.79 Å². The lowest BCUT2D eigenvalue weighted by molar-refractivity contribution is -0.124. The Balaban J connectivity index is 1.95. The zero-order valence-corrected chi connectivity index (χ0v) is 14.2. The highest BCUT2D eigenvalue weighted by molar-refractivity contribution is 7.99. The molecular formula is C16H20N2O4S. The zero-order valence-electron chi connectivity index (χ0n) is 13.4. The number of nitrogens with zero attached hydrogens (tertiary/aromatic N) is 1. The van der Waals surface area contributed by atoms with Crippen LogP contribution >= 0.6 is 11.8 Å². The summed E-state index contributed by atoms with van der Waals surface area (Å²) in [4.78, 5) is 26.9. The van der Waals surface area contributed by atoms with E-state index in [1.165, 1.54) is 7.11 Å². The number of thioether (sulfide) groups is 1. The SMILES string of the molecule is CCCNC(=O)[C@@H]1CS[C@@H]2c3ccc(OC)c(OC)c3C(=O)N21. The third-order valence-electron chi connectivity index (χ3n) is 4.14. The third kappa shape index (κ3) is 2.43. The molecule has 1 N–H and O–H groups in total. The lowest BCUT2D eigenvalue weighted by atomic mass is 10.1. The molecule has 6 nitrogen and oxygen atoms in total. The second-order valence-electron chi connectivity index (χ2n) is 5.47. The van der Waals surface area contributed by atoms with E-state index in [4.69, 9.17) is 9.47 Å². The molecule has 2 aliphatic heterocycles. The predicted octanol–water partition coefficient (Wildman–Crippen LogP) is 1.80. The van der Waals surface area contributed by atoms with E-state index in [2.05, 4.69) is 5.32 Å². The fraction of sp³-hybridized carbons (Fsp3) is 0.500. The van der Waals surface area contributed by atoms with Crippen molar-refractivity contribution in [2.45, 2.75) is 24.8 Å². The quantitative estimate of drug-likeness (QED) is 0.888. The van der Waals surface area contributed by atoms with Crippen LogP contribution in [0.3, 0.4) is 0 Å². The van der Waals surface area contributed by atoms with E-state index in [0.29, 0.717) is 29.4 Å². The maximum atomic E-state index is 12.9. The van der Waals surface area contributed by atoms with Gasteiger partial charge in [-0.2, -0.15) is 0 Å². The number of hydrogen-bond acceptors (Lipinski definition) is 5. The van der Waals surface area contributed by atoms with Gasteiger partial charge in [0.05, 0.1) is 19.8 Å². The van der Waals surface area contributed by atoms with E-state index in [1.807, 2.05) is 13.0 Å². The molecule has 2 amide bonds. The van der Waals surface area contributed by atoms with Crippen LogP contribution in [0.25, 0.3) is 0 Å². The predicted molar refractivity (Wildman–Crippen MR) is 88.0 cm³/mol. The van der Waals surface area contributed by atoms with Crippen LogP contribution in [0.15, 0.2) is 12.1 Å². The van der Waals surface area contributed by atoms with Gasteiger partial charge < -0.3 is 19.7 Å². The van der Waals surface area contributed by atoms with Crippen LogP contribution < -0.4 is 14.8 Å². The number of hydrogen-bond donors (Lipinski definition) is 1. The van der Waals surface area contributed by atoms with E-state index in [-0.39, 0.29) is 17.2 Å². The minimum atomic E-state index is -0.438. The average molecular weight is 336 g/mol. The number of fused-ring (bicyclic) bond motifs is 3. The first-order valence-corrected chi connectivity index (χ1v) is 8.65. The molecule has 0 bridgehead atoms. The monoisotopic (exact) mass is 336 g/mol. The summed E-state index contributed by atoms with van der Waals surface area (Å²) >= 11 is 1.61. The number of methoxy groups -OCH3 is 2. The van der Waals surface area contributed by atoms with Crippen molar-refractivity contribution in [3.63, 3.8) is 0 Å². The number of nitrogens with one attached hydrogen (secondary N) is 1. The number of carbonyl (C=O) groups excluding carboxylic acids is 2. The summed E-state index contributed by atoms with van der Waals surface area (Å²) in [6, 6.07) is 3.25. The van der Waals surface area contributed by atoms with Gasteiger partial charge in [0.15, 0.2) is 11.5 Å². The molecule has 3 rings (SSSR count). The summed E-state index contributed by atoms with van der Waals surface area (Å²) in [6.07, 6.45) is 0.869. The van der Waals surface area contributed by atoms with Gasteiger partial charge in [0.1, 0.15) is 11.4 Å². The molecule has 0 aliphatic carbocycles. The Morgan fingerprint density at radius 3 is 2.83 bits per heavy atom. The van der Waals surface area contributed by atoms with E-state index in [9.17, 15) is 9.59 Å². The topological polar surface area (TPSA) is 67.9 Å². The lowest BCUT2D eigenvalue weighted by Crippen LogP contribution is -2.46. The highest BCUT2D eigenvalue weighted by Crippen LogP contribution is 2.52. The Labute approximate surface area is 139 Å². The molecule has 23 heavy (non-hydrogen) atoms. The van der Waals surface area contributed by atoms with Crippen molar-refractivity contribution in [3.05, 3.63) is 23.3 Å². The first-order chi connectivity index (χ1) is 11.1. The maximum absolute atomic E-state index is 12.9. The second kappa shape index (κ2) is 6.31. The standard InChI is InChI=1S/C16H20N2O4S/c1-4-7-17-14(19)10-8-23-16-9-5-6-11(21-2)13(22-3)12(9)15(20)18(10)16/h5-6,10,16H,4,7-8H2,1-3H3,(H,17,19)/t10-,16+/m0/s1. The first-order valence-electron chi connectivity index (χ1n) is 7.60. The third-order valence-corrected chi connectivity index (χ3v) is 5.45. The van der Waals surface area contributed by atoms with Crippen LogP contribution in [-0.4, -0.2) is 49.3 Å². The summed E-state index contributed by atoms with van der Waals surface area (Å²) in [5.74, 6) is 1.33. The highest BCUT2D eigenvalue weighted by atomic mass is 32.2. The van der Waals surface area contributed by atoms with Crippen LogP contribution in [0.2, 0.25) is 0 Å². The fourth-order valence-electron chi connectivity index (χ4n) is 3.06. The van der Waals surface area contributed by atoms with Gasteiger partial charge in [-0.25, -0.2) is 0 Å². The molecule has 124 valence electrons. The van der Waals surface area contributed by atoms with E-state index in [0.717, 1.165) is 12.0 Å². The van der Waals surface area contributed by atoms with E-state index < -0.39 is 6.04 Å². The number of ether oxygens (including phenoxy) is 2. The van der Waals surface area contributed by atoms with Crippen molar-refractivity contribution < 1.29 is 19.1 Å². The van der Waals surface area contributed by atoms with Crippen LogP contribution in [0.1, 0.15) is 34.6 Å². The number of rotatable bonds is 5. The summed E-state index contributed by atoms with van der Waals surface area (Å²) in [5, 5.41) is 2.75. The summed E-state index contributed by atoms with van der Waals surface area (Å²) in [7, 11) is 3.06. The fourth-order valence-corrected chi connectivity index (χ4v) is 4.52. The van der Waals surface area contributed by atoms with Gasteiger partial charge >= 0.3 is 0 Å². The average Bonchev–Trinajstić information content (AvgIpc) is 3.12. The Hall–Kier alpha value is -1.89. The maximum Gasteiger partial charge on any atom is 0.260 e. The summed E-state index contributed by atoms with van der Waals surface area (Å²) < 4.78 is 10.7. The van der Waals surface area contributed by atoms with Crippen LogP contribution in [0.5, 0.6) is 11.5 Å². The van der Waals surface area contributed by atoms with Gasteiger partial charge in [0, 0.05) is 17.9 Å². The minimum Gasteiger partial charge on any atom is -0.493 e. The molecule has 7 heteroatoms. The Bertz CT molecular complexity index is 649. The molecule has 2 aliphatic rings. The molecule has 1 aromatic carbocycles. The van der Waals surface area contributed by atoms with E-state index >= 15 is 0 Å². The van der Waals surface area contributed by atoms with Gasteiger partial charge in [-0.05, 0) is 12.5 Å². The largest absolute Gasteiger partial charge is 0.493 e. The molecule has 2 atom stereocenters. The normalized spacial score (nSPS) is 21.9. The molecule has 1 aromatic rings. The molecule has 0 radical (unpaired) electrons. The van der Waals surface area contributed by atoms with Crippen molar-refractivity contribution in [3.8, 4) is 11.5 Å². The first kappa shape index (κ1) is 16.0. The molecule has 0 spiro atoms. The van der Waals surface area contributed by atoms with Crippen molar-refractivity contribution >= 4 is 23.6 Å². The van der Waals surface area contributed by atoms with Crippen molar-refractivity contribution in [2.24, 2.45) is 0 Å². The van der Waals surface area contributed by atoms with Gasteiger partial charge in [0.2, 0.25) is 5.91 Å².